The first-order chi connectivity index (χ1) is 43.9. The fourth-order valence-corrected chi connectivity index (χ4v) is 16.2. The monoisotopic (exact) mass is 1140 g/mol. The van der Waals surface area contributed by atoms with Crippen molar-refractivity contribution in [1.29, 1.82) is 0 Å². The van der Waals surface area contributed by atoms with Gasteiger partial charge in [0.1, 0.15) is 0 Å². The molecule has 5 aliphatic rings. The quantitative estimate of drug-likeness (QED) is 0.135. The number of fused-ring (bicyclic) bond motifs is 19. The van der Waals surface area contributed by atoms with Crippen molar-refractivity contribution in [2.75, 3.05) is 9.80 Å². The molecule has 2 unspecified atom stereocenters. The molecule has 0 heterocycles. The fraction of sp³-hybridized carbons (Fsp3) is 0.0805. The van der Waals surface area contributed by atoms with E-state index < -0.39 is 10.8 Å². The maximum absolute atomic E-state index is 2.53. The largest absolute Gasteiger partial charge is 0.310 e. The first-order valence-corrected chi connectivity index (χ1v) is 31.5. The van der Waals surface area contributed by atoms with E-state index in [4.69, 9.17) is 0 Å². The van der Waals surface area contributed by atoms with Gasteiger partial charge in [0.15, 0.2) is 0 Å². The molecule has 89 heavy (non-hydrogen) atoms. The third-order valence-electron chi connectivity index (χ3n) is 19.8. The molecule has 0 radical (unpaired) electrons. The summed E-state index contributed by atoms with van der Waals surface area (Å²) in [6, 6.07) is 106. The van der Waals surface area contributed by atoms with Crippen molar-refractivity contribution in [3.63, 3.8) is 0 Å². The first-order valence-electron chi connectivity index (χ1n) is 31.5. The van der Waals surface area contributed by atoms with Crippen LogP contribution >= 0.6 is 0 Å². The second-order valence-corrected chi connectivity index (χ2v) is 24.7. The molecule has 2 heteroatoms. The SMILES string of the molecule is C/C=C\c1cccc(-c2ccc(N(c3cccc(N(c4ccc(-c5cccc(/C=C\C)c5)cc4)c4ccc5c(c4)C4(c6ccccc6-c6ccccc64)c4ccccc4-5)c3)c3ccc4c(c3)C3(C5=C(CC(C)C=C5)c5ccccc53)c3ccccc3-4)cc2)c1. The highest BCUT2D eigenvalue weighted by Gasteiger charge is 2.54. The Balaban J connectivity index is 0.874. The Hall–Kier alpha value is -10.8. The van der Waals surface area contributed by atoms with Crippen LogP contribution in [-0.4, -0.2) is 0 Å². The van der Waals surface area contributed by atoms with Gasteiger partial charge >= 0.3 is 0 Å². The van der Waals surface area contributed by atoms with E-state index in [9.17, 15) is 0 Å². The molecule has 0 fully saturated rings. The second-order valence-electron chi connectivity index (χ2n) is 24.7. The molecule has 2 spiro atoms. The van der Waals surface area contributed by atoms with Gasteiger partial charge in [-0.05, 0) is 227 Å². The van der Waals surface area contributed by atoms with Crippen LogP contribution in [0.2, 0.25) is 0 Å². The maximum atomic E-state index is 2.53. The first kappa shape index (κ1) is 52.5. The summed E-state index contributed by atoms with van der Waals surface area (Å²) in [7, 11) is 0. The Morgan fingerprint density at radius 2 is 0.685 bits per heavy atom. The van der Waals surface area contributed by atoms with Gasteiger partial charge in [0.2, 0.25) is 0 Å². The topological polar surface area (TPSA) is 6.48 Å². The minimum Gasteiger partial charge on any atom is -0.310 e. The Bertz CT molecular complexity index is 4930. The van der Waals surface area contributed by atoms with Gasteiger partial charge in [0.05, 0.1) is 10.8 Å². The van der Waals surface area contributed by atoms with Gasteiger partial charge in [0.25, 0.3) is 0 Å². The Kier molecular flexibility index (Phi) is 12.2. The van der Waals surface area contributed by atoms with Crippen molar-refractivity contribution in [2.24, 2.45) is 5.92 Å². The lowest BCUT2D eigenvalue weighted by molar-refractivity contribution is 0.725. The summed E-state index contributed by atoms with van der Waals surface area (Å²) in [6.07, 6.45) is 14.5. The molecule has 17 rings (SSSR count). The third kappa shape index (κ3) is 7.89. The molecular weight excluding hydrogens is 1070 g/mol. The Morgan fingerprint density at radius 3 is 1.15 bits per heavy atom. The number of hydrogen-bond acceptors (Lipinski definition) is 2. The molecule has 0 saturated heterocycles. The molecule has 422 valence electrons. The molecule has 5 aliphatic carbocycles. The zero-order chi connectivity index (χ0) is 59.4. The van der Waals surface area contributed by atoms with Crippen LogP contribution in [0.15, 0.2) is 309 Å². The van der Waals surface area contributed by atoms with Crippen LogP contribution in [-0.2, 0) is 10.8 Å². The van der Waals surface area contributed by atoms with Crippen LogP contribution in [0.25, 0.3) is 73.4 Å². The lowest BCUT2D eigenvalue weighted by Gasteiger charge is -2.34. The number of hydrogen-bond donors (Lipinski definition) is 0. The van der Waals surface area contributed by atoms with Gasteiger partial charge in [-0.15, -0.1) is 0 Å². The molecule has 0 aliphatic heterocycles. The van der Waals surface area contributed by atoms with Crippen LogP contribution < -0.4 is 9.80 Å². The maximum Gasteiger partial charge on any atom is 0.0726 e. The average molecular weight is 1140 g/mol. The molecule has 2 atom stereocenters. The highest BCUT2D eigenvalue weighted by Crippen LogP contribution is 2.66. The summed E-state index contributed by atoms with van der Waals surface area (Å²) < 4.78 is 0. The smallest absolute Gasteiger partial charge is 0.0726 e. The summed E-state index contributed by atoms with van der Waals surface area (Å²) >= 11 is 0. The molecule has 0 bridgehead atoms. The minimum absolute atomic E-state index is 0.457. The lowest BCUT2D eigenvalue weighted by atomic mass is 9.68. The lowest BCUT2D eigenvalue weighted by Crippen LogP contribution is -2.27. The van der Waals surface area contributed by atoms with Gasteiger partial charge in [-0.2, -0.15) is 0 Å². The number of nitrogens with zero attached hydrogens (tertiary/aromatic N) is 2. The van der Waals surface area contributed by atoms with E-state index in [0.717, 1.165) is 40.5 Å². The molecular formula is C87H64N2. The van der Waals surface area contributed by atoms with Gasteiger partial charge in [-0.1, -0.05) is 244 Å². The van der Waals surface area contributed by atoms with Gasteiger partial charge in [-0.25, -0.2) is 0 Å². The number of rotatable bonds is 10. The highest BCUT2D eigenvalue weighted by atomic mass is 15.2. The Morgan fingerprint density at radius 1 is 0.315 bits per heavy atom. The number of benzene rings is 12. The van der Waals surface area contributed by atoms with E-state index >= 15 is 0 Å². The summed E-state index contributed by atoms with van der Waals surface area (Å²) in [5.74, 6) is 0.457. The molecule has 2 nitrogen and oxygen atoms in total. The van der Waals surface area contributed by atoms with Crippen LogP contribution in [0.1, 0.15) is 82.8 Å². The van der Waals surface area contributed by atoms with E-state index in [0.29, 0.717) is 5.92 Å². The molecule has 0 aromatic heterocycles. The zero-order valence-corrected chi connectivity index (χ0v) is 50.2. The molecule has 12 aromatic rings. The normalized spacial score (nSPS) is 16.5. The number of anilines is 6. The van der Waals surface area contributed by atoms with E-state index in [-0.39, 0.29) is 0 Å². The van der Waals surface area contributed by atoms with Crippen molar-refractivity contribution in [1.82, 2.24) is 0 Å². The highest BCUT2D eigenvalue weighted by molar-refractivity contribution is 5.99. The van der Waals surface area contributed by atoms with E-state index in [1.165, 1.54) is 122 Å². The van der Waals surface area contributed by atoms with E-state index in [2.05, 4.69) is 346 Å². The summed E-state index contributed by atoms with van der Waals surface area (Å²) in [6.45, 7) is 6.51. The predicted molar refractivity (Wildman–Crippen MR) is 374 cm³/mol. The van der Waals surface area contributed by atoms with Crippen molar-refractivity contribution in [3.05, 3.63) is 365 Å². The third-order valence-corrected chi connectivity index (χ3v) is 19.8. The van der Waals surface area contributed by atoms with Crippen molar-refractivity contribution in [2.45, 2.75) is 38.0 Å². The molecule has 0 amide bonds. The van der Waals surface area contributed by atoms with Crippen LogP contribution in [0.5, 0.6) is 0 Å². The van der Waals surface area contributed by atoms with E-state index in [1.54, 1.807) is 0 Å². The minimum atomic E-state index is -0.506. The van der Waals surface area contributed by atoms with Crippen LogP contribution in [0, 0.1) is 5.92 Å². The zero-order valence-electron chi connectivity index (χ0n) is 50.2. The van der Waals surface area contributed by atoms with Crippen molar-refractivity contribution in [3.8, 4) is 55.6 Å². The summed E-state index contributed by atoms with van der Waals surface area (Å²) in [5, 5.41) is 0. The van der Waals surface area contributed by atoms with Crippen LogP contribution in [0.3, 0.4) is 0 Å². The van der Waals surface area contributed by atoms with Gasteiger partial charge in [-0.3, -0.25) is 0 Å². The summed E-state index contributed by atoms with van der Waals surface area (Å²) in [5.41, 5.74) is 33.9. The Labute approximate surface area is 522 Å². The van der Waals surface area contributed by atoms with E-state index in [1.807, 2.05) is 0 Å². The van der Waals surface area contributed by atoms with Crippen molar-refractivity contribution < 1.29 is 0 Å². The predicted octanol–water partition coefficient (Wildman–Crippen LogP) is 23.0. The standard InChI is InChI=1S/C87H64N2/c1-4-19-58-21-16-23-62(52-58)60-38-42-64(43-39-60)88(68-46-48-75-72-29-8-13-34-80(72)86(84(75)55-68)78-32-11-6-27-70(78)71-28-7-12-33-79(71)86)66-25-18-26-67(54-66)89(65-44-40-61(41-45-65)63-24-17-22-59(53-63)20-5-2)69-47-49-76-73-30-9-14-35-81(73)87(85(76)56-69)82-36-15-10-31-74(82)77-51-57(3)37-50-83(77)87/h4-50,52-57H,51H2,1-3H3/b19-4-,20-5-. The van der Waals surface area contributed by atoms with Crippen molar-refractivity contribution >= 4 is 51.8 Å². The number of allylic oxidation sites excluding steroid dienone is 6. The second kappa shape index (κ2) is 20.7. The van der Waals surface area contributed by atoms with Gasteiger partial charge in [0, 0.05) is 34.1 Å². The summed E-state index contributed by atoms with van der Waals surface area (Å²) in [4.78, 5) is 4.98. The molecule has 0 saturated carbocycles. The van der Waals surface area contributed by atoms with Gasteiger partial charge < -0.3 is 9.80 Å². The fourth-order valence-electron chi connectivity index (χ4n) is 16.2. The molecule has 0 N–H and O–H groups in total. The van der Waals surface area contributed by atoms with Crippen LogP contribution in [0.4, 0.5) is 34.1 Å². The average Bonchev–Trinajstić information content (AvgIpc) is 1.54. The molecule has 12 aromatic carbocycles.